The van der Waals surface area contributed by atoms with Crippen LogP contribution in [0.3, 0.4) is 0 Å². The molecule has 12 nitrogen and oxygen atoms in total. The molecule has 0 radical (unpaired) electrons. The summed E-state index contributed by atoms with van der Waals surface area (Å²) in [6.07, 6.45) is 26.8. The van der Waals surface area contributed by atoms with Crippen molar-refractivity contribution in [2.75, 3.05) is 19.0 Å². The van der Waals surface area contributed by atoms with Crippen molar-refractivity contribution in [2.24, 2.45) is 0 Å². The summed E-state index contributed by atoms with van der Waals surface area (Å²) >= 11 is 0. The van der Waals surface area contributed by atoms with Crippen molar-refractivity contribution in [3.63, 3.8) is 0 Å². The number of carbonyl (C=O) groups excluding carboxylic acids is 2. The van der Waals surface area contributed by atoms with Gasteiger partial charge in [0.2, 0.25) is 0 Å². The first-order valence-electron chi connectivity index (χ1n) is 22.7. The molecule has 13 heteroatoms. The number of aliphatic hydroxyl groups is 3. The second-order valence-corrected chi connectivity index (χ2v) is 17.6. The maximum Gasteiger partial charge on any atom is 0.306 e. The Bertz CT molecular complexity index is 1120. The third-order valence-corrected chi connectivity index (χ3v) is 11.3. The maximum absolute atomic E-state index is 12.8. The lowest BCUT2D eigenvalue weighted by atomic mass is 10.00. The van der Waals surface area contributed by atoms with Gasteiger partial charge >= 0.3 is 11.9 Å². The van der Waals surface area contributed by atoms with E-state index in [4.69, 9.17) is 18.9 Å². The smallest absolute Gasteiger partial charge is 0.306 e. The third kappa shape index (κ3) is 30.1. The molecule has 0 bridgehead atoms. The highest BCUT2D eigenvalue weighted by Crippen LogP contribution is 2.24. The number of rotatable bonds is 38. The van der Waals surface area contributed by atoms with Crippen molar-refractivity contribution in [3.8, 4) is 0 Å². The van der Waals surface area contributed by atoms with E-state index in [-0.39, 0.29) is 19.4 Å². The van der Waals surface area contributed by atoms with E-state index in [0.717, 1.165) is 38.5 Å². The fourth-order valence-corrected chi connectivity index (χ4v) is 7.72. The second kappa shape index (κ2) is 35.2. The van der Waals surface area contributed by atoms with Crippen LogP contribution in [-0.2, 0) is 38.7 Å². The van der Waals surface area contributed by atoms with Crippen LogP contribution in [-0.4, -0.2) is 96.0 Å². The van der Waals surface area contributed by atoms with Gasteiger partial charge in [0.15, 0.2) is 12.4 Å². The summed E-state index contributed by atoms with van der Waals surface area (Å²) in [4.78, 5) is 25.4. The summed E-state index contributed by atoms with van der Waals surface area (Å²) in [6.45, 7) is 3.75. The topological polar surface area (TPSA) is 186 Å². The zero-order valence-electron chi connectivity index (χ0n) is 35.7. The molecule has 6 atom stereocenters. The van der Waals surface area contributed by atoms with E-state index in [1.54, 1.807) is 0 Å². The Hall–Kier alpha value is -1.61. The molecule has 0 amide bonds. The van der Waals surface area contributed by atoms with Crippen LogP contribution in [0.2, 0.25) is 0 Å². The molecule has 1 saturated heterocycles. The normalized spacial score (nSPS) is 20.6. The SMILES string of the molecule is CCCCCC/C=C/CCCCCCCCCCCC(=O)O[C@H](COC(=O)CCCCCCCCCCCCCC)CO[C@H]1O[C@H](CS(=O)(=O)O)[C@@H](O)C(O)C1O. The lowest BCUT2D eigenvalue weighted by Gasteiger charge is -2.40. The molecule has 57 heavy (non-hydrogen) atoms. The molecular formula is C44H82O12S. The van der Waals surface area contributed by atoms with Gasteiger partial charge in [0.1, 0.15) is 36.8 Å². The van der Waals surface area contributed by atoms with E-state index in [0.29, 0.717) is 12.8 Å². The van der Waals surface area contributed by atoms with Gasteiger partial charge in [-0.2, -0.15) is 8.42 Å². The highest BCUT2D eigenvalue weighted by atomic mass is 32.2. The van der Waals surface area contributed by atoms with Crippen molar-refractivity contribution in [2.45, 2.75) is 237 Å². The highest BCUT2D eigenvalue weighted by molar-refractivity contribution is 7.85. The number of hydrogen-bond acceptors (Lipinski definition) is 11. The molecule has 1 rings (SSSR count). The van der Waals surface area contributed by atoms with Gasteiger partial charge in [-0.1, -0.05) is 161 Å². The maximum atomic E-state index is 12.8. The first-order valence-corrected chi connectivity index (χ1v) is 24.4. The summed E-state index contributed by atoms with van der Waals surface area (Å²) in [7, 11) is -4.60. The summed E-state index contributed by atoms with van der Waals surface area (Å²) in [5.41, 5.74) is 0. The Morgan fingerprint density at radius 2 is 1.00 bits per heavy atom. The Balaban J connectivity index is 2.43. The van der Waals surface area contributed by atoms with Crippen LogP contribution < -0.4 is 0 Å². The number of hydrogen-bond donors (Lipinski definition) is 4. The quantitative estimate of drug-likeness (QED) is 0.0200. The van der Waals surface area contributed by atoms with E-state index in [2.05, 4.69) is 26.0 Å². The third-order valence-electron chi connectivity index (χ3n) is 10.6. The predicted molar refractivity (Wildman–Crippen MR) is 224 cm³/mol. The van der Waals surface area contributed by atoms with Crippen molar-refractivity contribution in [1.29, 1.82) is 0 Å². The largest absolute Gasteiger partial charge is 0.462 e. The summed E-state index contributed by atoms with van der Waals surface area (Å²) in [5.74, 6) is -1.97. The Kier molecular flexibility index (Phi) is 33.0. The predicted octanol–water partition coefficient (Wildman–Crippen LogP) is 9.06. The molecule has 0 aromatic heterocycles. The van der Waals surface area contributed by atoms with Gasteiger partial charge in [0, 0.05) is 12.8 Å². The Morgan fingerprint density at radius 1 is 0.579 bits per heavy atom. The monoisotopic (exact) mass is 835 g/mol. The number of ether oxygens (including phenoxy) is 4. The molecule has 4 N–H and O–H groups in total. The van der Waals surface area contributed by atoms with Gasteiger partial charge in [-0.05, 0) is 38.5 Å². The zero-order valence-corrected chi connectivity index (χ0v) is 36.5. The summed E-state index contributed by atoms with van der Waals surface area (Å²) in [5, 5.41) is 30.9. The van der Waals surface area contributed by atoms with Gasteiger partial charge < -0.3 is 34.3 Å². The second-order valence-electron chi connectivity index (χ2n) is 16.1. The van der Waals surface area contributed by atoms with E-state index < -0.39 is 71.2 Å². The highest BCUT2D eigenvalue weighted by Gasteiger charge is 2.46. The van der Waals surface area contributed by atoms with Gasteiger partial charge in [-0.25, -0.2) is 0 Å². The standard InChI is InChI=1S/C44H82O12S/c1-3-5-7-9-11-13-15-17-18-19-20-21-23-25-27-29-31-33-40(46)55-37(35-54-44-43(49)42(48)41(47)38(56-44)36-57(50,51)52)34-53-39(45)32-30-28-26-24-22-16-14-12-10-8-6-4-2/h13,15,37-38,41-44,47-49H,3-12,14,16-36H2,1-2H3,(H,50,51,52)/b15-13+/t37-,38-,41-,42?,43?,44+/m1/s1. The average Bonchev–Trinajstić information content (AvgIpc) is 3.17. The number of esters is 2. The number of aliphatic hydroxyl groups excluding tert-OH is 3. The lowest BCUT2D eigenvalue weighted by molar-refractivity contribution is -0.297. The number of unbranched alkanes of at least 4 members (excludes halogenated alkanes) is 24. The molecule has 0 aliphatic carbocycles. The van der Waals surface area contributed by atoms with E-state index in [1.165, 1.54) is 122 Å². The van der Waals surface area contributed by atoms with Gasteiger partial charge in [0.25, 0.3) is 10.1 Å². The van der Waals surface area contributed by atoms with Crippen LogP contribution in [0.1, 0.15) is 200 Å². The molecule has 2 unspecified atom stereocenters. The molecule has 1 aliphatic heterocycles. The molecule has 1 aliphatic rings. The lowest BCUT2D eigenvalue weighted by Crippen LogP contribution is -2.60. The molecule has 336 valence electrons. The van der Waals surface area contributed by atoms with E-state index in [1.807, 2.05) is 0 Å². The van der Waals surface area contributed by atoms with Crippen LogP contribution in [0.5, 0.6) is 0 Å². The van der Waals surface area contributed by atoms with Crippen molar-refractivity contribution >= 4 is 22.1 Å². The summed E-state index contributed by atoms with van der Waals surface area (Å²) < 4.78 is 54.0. The number of carbonyl (C=O) groups is 2. The first kappa shape index (κ1) is 53.4. The van der Waals surface area contributed by atoms with Crippen LogP contribution in [0.4, 0.5) is 0 Å². The summed E-state index contributed by atoms with van der Waals surface area (Å²) in [6, 6.07) is 0. The average molecular weight is 835 g/mol. The van der Waals surface area contributed by atoms with E-state index >= 15 is 0 Å². The van der Waals surface area contributed by atoms with Crippen molar-refractivity contribution < 1.29 is 56.8 Å². The Labute approximate surface area is 346 Å². The molecule has 1 fully saturated rings. The van der Waals surface area contributed by atoms with E-state index in [9.17, 15) is 37.9 Å². The van der Waals surface area contributed by atoms with Gasteiger partial charge in [0.05, 0.1) is 6.61 Å². The van der Waals surface area contributed by atoms with Gasteiger partial charge in [-0.15, -0.1) is 0 Å². The number of allylic oxidation sites excluding steroid dienone is 2. The molecule has 0 saturated carbocycles. The Morgan fingerprint density at radius 3 is 1.47 bits per heavy atom. The fourth-order valence-electron chi connectivity index (χ4n) is 7.02. The van der Waals surface area contributed by atoms with Crippen LogP contribution in [0, 0.1) is 0 Å². The molecule has 0 aromatic rings. The van der Waals surface area contributed by atoms with Crippen LogP contribution in [0.25, 0.3) is 0 Å². The molecule has 1 heterocycles. The van der Waals surface area contributed by atoms with Crippen molar-refractivity contribution in [1.82, 2.24) is 0 Å². The fraction of sp³-hybridized carbons (Fsp3) is 0.909. The first-order chi connectivity index (χ1) is 27.5. The molecule has 0 aromatic carbocycles. The molecular weight excluding hydrogens is 753 g/mol. The van der Waals surface area contributed by atoms with Crippen LogP contribution >= 0.6 is 0 Å². The van der Waals surface area contributed by atoms with Crippen LogP contribution in [0.15, 0.2) is 12.2 Å². The molecule has 0 spiro atoms. The van der Waals surface area contributed by atoms with Gasteiger partial charge in [-0.3, -0.25) is 14.1 Å². The zero-order chi connectivity index (χ0) is 42.0. The minimum absolute atomic E-state index is 0.166. The minimum Gasteiger partial charge on any atom is -0.462 e. The minimum atomic E-state index is -4.60. The van der Waals surface area contributed by atoms with Crippen molar-refractivity contribution in [3.05, 3.63) is 12.2 Å².